The predicted octanol–water partition coefficient (Wildman–Crippen LogP) is 8.13. The SMILES string of the molecule is CCOc1cc(C2C3=C(CC(C)(C)CC3=O)N(CCCOC)C3=C2C(=O)CC(C)(C)C3)cc(I)c1OCc1ccccc1F. The summed E-state index contributed by atoms with van der Waals surface area (Å²) in [4.78, 5) is 30.5. The molecular formula is C36H43FINO5. The lowest BCUT2D eigenvalue weighted by atomic mass is 9.63. The lowest BCUT2D eigenvalue weighted by Gasteiger charge is -2.49. The number of carbonyl (C=O) groups is 2. The van der Waals surface area contributed by atoms with Crippen molar-refractivity contribution >= 4 is 34.2 Å². The van der Waals surface area contributed by atoms with Crippen molar-refractivity contribution < 1.29 is 28.2 Å². The maximum Gasteiger partial charge on any atom is 0.174 e. The molecule has 0 aromatic heterocycles. The van der Waals surface area contributed by atoms with Crippen LogP contribution in [-0.4, -0.2) is 43.3 Å². The van der Waals surface area contributed by atoms with E-state index in [-0.39, 0.29) is 34.8 Å². The van der Waals surface area contributed by atoms with Gasteiger partial charge in [-0.15, -0.1) is 0 Å². The molecule has 8 heteroatoms. The molecule has 0 saturated carbocycles. The molecule has 0 N–H and O–H groups in total. The largest absolute Gasteiger partial charge is 0.490 e. The fourth-order valence-corrected chi connectivity index (χ4v) is 7.72. The van der Waals surface area contributed by atoms with E-state index in [2.05, 4.69) is 55.2 Å². The Morgan fingerprint density at radius 3 is 2.11 bits per heavy atom. The van der Waals surface area contributed by atoms with Crippen LogP contribution in [0, 0.1) is 20.2 Å². The van der Waals surface area contributed by atoms with Crippen LogP contribution in [-0.2, 0) is 20.9 Å². The Bertz CT molecular complexity index is 1470. The molecule has 5 rings (SSSR count). The minimum absolute atomic E-state index is 0.0493. The number of ether oxygens (including phenoxy) is 3. The van der Waals surface area contributed by atoms with Gasteiger partial charge in [-0.1, -0.05) is 45.9 Å². The van der Waals surface area contributed by atoms with Gasteiger partial charge in [-0.2, -0.15) is 0 Å². The standard InChI is InChI=1S/C36H43FINO5/c1-7-43-30-16-23(15-25(38)34(30)44-21-22-11-8-9-12-24(22)37)31-32-26(17-35(2,3)19-28(32)40)39(13-10-14-42-6)27-18-36(4,5)20-29(41)33(27)31/h8-9,11-12,15-16,31H,7,10,13-14,17-21H2,1-6H3. The Balaban J connectivity index is 1.66. The fourth-order valence-electron chi connectivity index (χ4n) is 6.94. The van der Waals surface area contributed by atoms with Crippen molar-refractivity contribution in [2.45, 2.75) is 79.2 Å². The number of hydrogen-bond acceptors (Lipinski definition) is 6. The highest BCUT2D eigenvalue weighted by molar-refractivity contribution is 14.1. The summed E-state index contributed by atoms with van der Waals surface area (Å²) in [5.41, 5.74) is 4.43. The minimum Gasteiger partial charge on any atom is -0.490 e. The summed E-state index contributed by atoms with van der Waals surface area (Å²) in [6.45, 7) is 12.2. The van der Waals surface area contributed by atoms with Gasteiger partial charge in [0.25, 0.3) is 0 Å². The molecule has 0 bridgehead atoms. The highest BCUT2D eigenvalue weighted by Crippen LogP contribution is 2.55. The molecule has 0 unspecified atom stereocenters. The summed E-state index contributed by atoms with van der Waals surface area (Å²) < 4.78 is 32.8. The number of hydrogen-bond donors (Lipinski definition) is 0. The smallest absolute Gasteiger partial charge is 0.174 e. The molecule has 2 aliphatic carbocycles. The average molecular weight is 716 g/mol. The Morgan fingerprint density at radius 2 is 1.55 bits per heavy atom. The zero-order valence-electron chi connectivity index (χ0n) is 26.6. The number of rotatable bonds is 10. The van der Waals surface area contributed by atoms with Crippen molar-refractivity contribution in [3.05, 3.63) is 79.5 Å². The molecule has 2 aromatic rings. The summed E-state index contributed by atoms with van der Waals surface area (Å²) in [6.07, 6.45) is 3.15. The summed E-state index contributed by atoms with van der Waals surface area (Å²) in [7, 11) is 1.70. The molecule has 6 nitrogen and oxygen atoms in total. The van der Waals surface area contributed by atoms with Crippen LogP contribution in [0.2, 0.25) is 0 Å². The van der Waals surface area contributed by atoms with Crippen molar-refractivity contribution in [3.63, 3.8) is 0 Å². The number of ketones is 2. The van der Waals surface area contributed by atoms with E-state index >= 15 is 0 Å². The van der Waals surface area contributed by atoms with Gasteiger partial charge in [0.1, 0.15) is 12.4 Å². The van der Waals surface area contributed by atoms with E-state index in [1.807, 2.05) is 19.1 Å². The highest BCUT2D eigenvalue weighted by atomic mass is 127. The molecule has 0 saturated heterocycles. The van der Waals surface area contributed by atoms with Crippen LogP contribution in [0.1, 0.15) is 83.8 Å². The maximum absolute atomic E-state index is 14.4. The summed E-state index contributed by atoms with van der Waals surface area (Å²) in [6, 6.07) is 10.5. The van der Waals surface area contributed by atoms with Crippen molar-refractivity contribution in [2.75, 3.05) is 26.9 Å². The van der Waals surface area contributed by atoms with E-state index in [1.165, 1.54) is 6.07 Å². The quantitative estimate of drug-likeness (QED) is 0.183. The second-order valence-corrected chi connectivity index (χ2v) is 14.8. The highest BCUT2D eigenvalue weighted by Gasteiger charge is 2.49. The summed E-state index contributed by atoms with van der Waals surface area (Å²) >= 11 is 2.22. The minimum atomic E-state index is -0.487. The first-order valence-electron chi connectivity index (χ1n) is 15.5. The molecule has 236 valence electrons. The van der Waals surface area contributed by atoms with Gasteiger partial charge in [-0.05, 0) is 83.4 Å². The third-order valence-electron chi connectivity index (χ3n) is 8.75. The van der Waals surface area contributed by atoms with Crippen LogP contribution in [0.5, 0.6) is 11.5 Å². The maximum atomic E-state index is 14.4. The fraction of sp³-hybridized carbons (Fsp3) is 0.500. The molecule has 0 radical (unpaired) electrons. The Morgan fingerprint density at radius 1 is 0.932 bits per heavy atom. The van der Waals surface area contributed by atoms with Gasteiger partial charge < -0.3 is 19.1 Å². The average Bonchev–Trinajstić information content (AvgIpc) is 2.92. The molecule has 1 heterocycles. The number of methoxy groups -OCH3 is 1. The van der Waals surface area contributed by atoms with Crippen LogP contribution in [0.4, 0.5) is 4.39 Å². The first-order valence-corrected chi connectivity index (χ1v) is 16.5. The van der Waals surface area contributed by atoms with Crippen LogP contribution in [0.25, 0.3) is 0 Å². The monoisotopic (exact) mass is 715 g/mol. The molecule has 1 aliphatic heterocycles. The van der Waals surface area contributed by atoms with E-state index in [0.29, 0.717) is 49.7 Å². The van der Waals surface area contributed by atoms with Crippen molar-refractivity contribution in [2.24, 2.45) is 10.8 Å². The molecule has 2 aromatic carbocycles. The van der Waals surface area contributed by atoms with E-state index in [0.717, 1.165) is 50.9 Å². The van der Waals surface area contributed by atoms with Crippen LogP contribution in [0.3, 0.4) is 0 Å². The summed E-state index contributed by atoms with van der Waals surface area (Å²) in [5.74, 6) is 0.409. The Hall–Kier alpha value is -2.72. The molecular weight excluding hydrogens is 672 g/mol. The van der Waals surface area contributed by atoms with Crippen molar-refractivity contribution in [3.8, 4) is 11.5 Å². The number of allylic oxidation sites excluding steroid dienone is 4. The second-order valence-electron chi connectivity index (χ2n) is 13.7. The first kappa shape index (κ1) is 32.7. The Labute approximate surface area is 274 Å². The molecule has 0 atom stereocenters. The molecule has 0 fully saturated rings. The van der Waals surface area contributed by atoms with E-state index < -0.39 is 5.92 Å². The summed E-state index contributed by atoms with van der Waals surface area (Å²) in [5, 5.41) is 0. The van der Waals surface area contributed by atoms with Crippen LogP contribution in [0.15, 0.2) is 58.9 Å². The van der Waals surface area contributed by atoms with Gasteiger partial charge in [0.2, 0.25) is 0 Å². The van der Waals surface area contributed by atoms with Gasteiger partial charge >= 0.3 is 0 Å². The molecule has 3 aliphatic rings. The number of carbonyl (C=O) groups excluding carboxylic acids is 2. The van der Waals surface area contributed by atoms with Gasteiger partial charge in [0.05, 0.1) is 10.2 Å². The third-order valence-corrected chi connectivity index (χ3v) is 9.55. The lowest BCUT2D eigenvalue weighted by molar-refractivity contribution is -0.119. The number of Topliss-reactive ketones (excluding diaryl/α,β-unsaturated/α-hetero) is 2. The van der Waals surface area contributed by atoms with Gasteiger partial charge in [0.15, 0.2) is 23.1 Å². The topological polar surface area (TPSA) is 65.1 Å². The zero-order valence-corrected chi connectivity index (χ0v) is 28.8. The Kier molecular flexibility index (Phi) is 9.61. The van der Waals surface area contributed by atoms with Gasteiger partial charge in [0, 0.05) is 67.1 Å². The molecule has 0 amide bonds. The van der Waals surface area contributed by atoms with Gasteiger partial charge in [-0.3, -0.25) is 9.59 Å². The number of benzene rings is 2. The number of nitrogens with zero attached hydrogens (tertiary/aromatic N) is 1. The third kappa shape index (κ3) is 6.62. The number of halogens is 2. The molecule has 0 spiro atoms. The predicted molar refractivity (Wildman–Crippen MR) is 177 cm³/mol. The van der Waals surface area contributed by atoms with E-state index in [1.54, 1.807) is 25.3 Å². The lowest BCUT2D eigenvalue weighted by Crippen LogP contribution is -2.44. The van der Waals surface area contributed by atoms with Gasteiger partial charge in [-0.25, -0.2) is 4.39 Å². The van der Waals surface area contributed by atoms with E-state index in [9.17, 15) is 14.0 Å². The van der Waals surface area contributed by atoms with Crippen molar-refractivity contribution in [1.82, 2.24) is 4.90 Å². The molecule has 44 heavy (non-hydrogen) atoms. The first-order chi connectivity index (χ1) is 20.9. The second kappa shape index (κ2) is 12.9. The van der Waals surface area contributed by atoms with Crippen LogP contribution < -0.4 is 9.47 Å². The zero-order chi connectivity index (χ0) is 31.8. The van der Waals surface area contributed by atoms with Crippen LogP contribution >= 0.6 is 22.6 Å². The van der Waals surface area contributed by atoms with E-state index in [4.69, 9.17) is 14.2 Å². The normalized spacial score (nSPS) is 19.7. The van der Waals surface area contributed by atoms with Crippen molar-refractivity contribution in [1.29, 1.82) is 0 Å².